The molecule has 1 saturated carbocycles. The number of hydrogen-bond acceptors (Lipinski definition) is 7. The molecule has 1 atom stereocenters. The molecule has 0 radical (unpaired) electrons. The minimum absolute atomic E-state index is 0.0197. The fraction of sp³-hybridized carbons (Fsp3) is 0.690. The molecule has 2 aliphatic rings. The number of amides is 1. The summed E-state index contributed by atoms with van der Waals surface area (Å²) in [5.41, 5.74) is 1.10. The third-order valence-electron chi connectivity index (χ3n) is 6.60. The van der Waals surface area contributed by atoms with Crippen molar-refractivity contribution in [2.45, 2.75) is 110 Å². The van der Waals surface area contributed by atoms with Crippen molar-refractivity contribution in [2.24, 2.45) is 0 Å². The van der Waals surface area contributed by atoms with Gasteiger partial charge in [-0.05, 0) is 91.7 Å². The number of hydrogen-bond donors (Lipinski definition) is 0. The first kappa shape index (κ1) is 29.0. The van der Waals surface area contributed by atoms with Crippen LogP contribution in [0.2, 0.25) is 0 Å². The lowest BCUT2D eigenvalue weighted by Gasteiger charge is -2.32. The SMILES string of the molecule is Cc1cccc(OCC(=O)OC(C)(C)C)c1[C@H]1CC[C@@H](OCC2C(=O)CCN2C(=O)OC(C)(C)C)CC1. The first-order valence-corrected chi connectivity index (χ1v) is 13.3. The average molecular weight is 518 g/mol. The molecule has 0 spiro atoms. The molecule has 2 fully saturated rings. The fourth-order valence-electron chi connectivity index (χ4n) is 5.00. The highest BCUT2D eigenvalue weighted by Crippen LogP contribution is 2.40. The van der Waals surface area contributed by atoms with Crippen molar-refractivity contribution in [3.8, 4) is 5.75 Å². The molecule has 1 aliphatic heterocycles. The van der Waals surface area contributed by atoms with Crippen LogP contribution in [0.1, 0.15) is 90.7 Å². The number of aryl methyl sites for hydroxylation is 1. The Morgan fingerprint density at radius 3 is 2.24 bits per heavy atom. The molecular formula is C29H43NO7. The van der Waals surface area contributed by atoms with Crippen LogP contribution in [0.15, 0.2) is 18.2 Å². The Morgan fingerprint density at radius 1 is 0.973 bits per heavy atom. The van der Waals surface area contributed by atoms with Gasteiger partial charge in [0.15, 0.2) is 12.4 Å². The third-order valence-corrected chi connectivity index (χ3v) is 6.60. The molecule has 3 rings (SSSR count). The van der Waals surface area contributed by atoms with E-state index in [2.05, 4.69) is 13.0 Å². The summed E-state index contributed by atoms with van der Waals surface area (Å²) in [5.74, 6) is 0.644. The van der Waals surface area contributed by atoms with Crippen LogP contribution in [-0.4, -0.2) is 65.9 Å². The fourth-order valence-corrected chi connectivity index (χ4v) is 5.00. The lowest BCUT2D eigenvalue weighted by molar-refractivity contribution is -0.157. The summed E-state index contributed by atoms with van der Waals surface area (Å²) in [6.07, 6.45) is 3.41. The van der Waals surface area contributed by atoms with Crippen LogP contribution >= 0.6 is 0 Å². The van der Waals surface area contributed by atoms with Gasteiger partial charge in [0.05, 0.1) is 12.7 Å². The van der Waals surface area contributed by atoms with Crippen LogP contribution in [0.25, 0.3) is 0 Å². The number of esters is 1. The predicted molar refractivity (Wildman–Crippen MR) is 140 cm³/mol. The number of carbonyl (C=O) groups excluding carboxylic acids is 3. The second kappa shape index (κ2) is 11.8. The van der Waals surface area contributed by atoms with E-state index >= 15 is 0 Å². The van der Waals surface area contributed by atoms with Crippen molar-refractivity contribution in [2.75, 3.05) is 19.8 Å². The van der Waals surface area contributed by atoms with E-state index in [4.69, 9.17) is 18.9 Å². The Balaban J connectivity index is 1.55. The molecule has 1 amide bonds. The smallest absolute Gasteiger partial charge is 0.410 e. The minimum Gasteiger partial charge on any atom is -0.482 e. The minimum atomic E-state index is -0.614. The van der Waals surface area contributed by atoms with E-state index < -0.39 is 23.3 Å². The summed E-state index contributed by atoms with van der Waals surface area (Å²) < 4.78 is 22.9. The van der Waals surface area contributed by atoms with Crippen molar-refractivity contribution in [1.82, 2.24) is 4.90 Å². The first-order chi connectivity index (χ1) is 17.2. The molecular weight excluding hydrogens is 474 g/mol. The normalized spacial score (nSPS) is 22.6. The van der Waals surface area contributed by atoms with Crippen LogP contribution in [0, 0.1) is 6.92 Å². The quantitative estimate of drug-likeness (QED) is 0.451. The number of ether oxygens (including phenoxy) is 4. The molecule has 8 heteroatoms. The molecule has 1 aliphatic carbocycles. The molecule has 0 N–H and O–H groups in total. The largest absolute Gasteiger partial charge is 0.482 e. The topological polar surface area (TPSA) is 91.4 Å². The molecule has 206 valence electrons. The highest BCUT2D eigenvalue weighted by atomic mass is 16.6. The van der Waals surface area contributed by atoms with Gasteiger partial charge in [-0.2, -0.15) is 0 Å². The summed E-state index contributed by atoms with van der Waals surface area (Å²) in [5, 5.41) is 0. The second-order valence-electron chi connectivity index (χ2n) is 12.1. The number of benzene rings is 1. The van der Waals surface area contributed by atoms with Crippen LogP contribution in [-0.2, 0) is 23.8 Å². The number of rotatable bonds is 7. The monoisotopic (exact) mass is 517 g/mol. The number of Topliss-reactive ketones (excluding diaryl/α,β-unsaturated/α-hetero) is 1. The second-order valence-corrected chi connectivity index (χ2v) is 12.1. The molecule has 37 heavy (non-hydrogen) atoms. The third kappa shape index (κ3) is 8.45. The predicted octanol–water partition coefficient (Wildman–Crippen LogP) is 5.34. The van der Waals surface area contributed by atoms with E-state index in [1.165, 1.54) is 4.90 Å². The van der Waals surface area contributed by atoms with E-state index in [1.807, 2.05) is 53.7 Å². The Kier molecular flexibility index (Phi) is 9.27. The van der Waals surface area contributed by atoms with Gasteiger partial charge >= 0.3 is 12.1 Å². The molecule has 1 unspecified atom stereocenters. The summed E-state index contributed by atoms with van der Waals surface area (Å²) in [4.78, 5) is 38.7. The maximum atomic E-state index is 12.6. The van der Waals surface area contributed by atoms with E-state index in [0.717, 1.165) is 42.6 Å². The first-order valence-electron chi connectivity index (χ1n) is 13.3. The number of carbonyl (C=O) groups is 3. The average Bonchev–Trinajstić information content (AvgIpc) is 3.15. The molecule has 1 aromatic rings. The summed E-state index contributed by atoms with van der Waals surface area (Å²) in [7, 11) is 0. The summed E-state index contributed by atoms with van der Waals surface area (Å²) in [6.45, 7) is 13.4. The van der Waals surface area contributed by atoms with Crippen LogP contribution in [0.3, 0.4) is 0 Å². The number of likely N-dealkylation sites (tertiary alicyclic amines) is 1. The molecule has 1 heterocycles. The van der Waals surface area contributed by atoms with E-state index in [0.29, 0.717) is 18.9 Å². The van der Waals surface area contributed by atoms with Gasteiger partial charge in [0, 0.05) is 18.5 Å². The lowest BCUT2D eigenvalue weighted by atomic mass is 9.80. The number of nitrogens with zero attached hydrogens (tertiary/aromatic N) is 1. The maximum Gasteiger partial charge on any atom is 0.410 e. The zero-order valence-corrected chi connectivity index (χ0v) is 23.4. The van der Waals surface area contributed by atoms with Crippen molar-refractivity contribution in [1.29, 1.82) is 0 Å². The van der Waals surface area contributed by atoms with Gasteiger partial charge < -0.3 is 18.9 Å². The summed E-state index contributed by atoms with van der Waals surface area (Å²) >= 11 is 0. The van der Waals surface area contributed by atoms with Gasteiger partial charge in [0.25, 0.3) is 0 Å². The maximum absolute atomic E-state index is 12.6. The molecule has 8 nitrogen and oxygen atoms in total. The van der Waals surface area contributed by atoms with E-state index in [-0.39, 0.29) is 31.1 Å². The number of ketones is 1. The van der Waals surface area contributed by atoms with Crippen LogP contribution in [0.5, 0.6) is 5.75 Å². The molecule has 0 aromatic heterocycles. The van der Waals surface area contributed by atoms with Crippen molar-refractivity contribution in [3.63, 3.8) is 0 Å². The molecule has 0 bridgehead atoms. The van der Waals surface area contributed by atoms with Crippen molar-refractivity contribution in [3.05, 3.63) is 29.3 Å². The van der Waals surface area contributed by atoms with Gasteiger partial charge in [-0.3, -0.25) is 9.69 Å². The Hall–Kier alpha value is -2.61. The van der Waals surface area contributed by atoms with E-state index in [1.54, 1.807) is 0 Å². The van der Waals surface area contributed by atoms with Gasteiger partial charge in [-0.1, -0.05) is 12.1 Å². The van der Waals surface area contributed by atoms with Gasteiger partial charge in [-0.15, -0.1) is 0 Å². The zero-order chi connectivity index (χ0) is 27.4. The molecule has 1 saturated heterocycles. The van der Waals surface area contributed by atoms with E-state index in [9.17, 15) is 14.4 Å². The van der Waals surface area contributed by atoms with Crippen molar-refractivity contribution < 1.29 is 33.3 Å². The van der Waals surface area contributed by atoms with Gasteiger partial charge in [-0.25, -0.2) is 9.59 Å². The van der Waals surface area contributed by atoms with Crippen molar-refractivity contribution >= 4 is 17.8 Å². The zero-order valence-electron chi connectivity index (χ0n) is 23.4. The standard InChI is InChI=1S/C29H43NO7/c1-19-9-8-10-24(35-18-25(32)36-28(2,3)4)26(19)20-11-13-21(14-12-20)34-17-22-23(31)15-16-30(22)27(33)37-29(5,6)7/h8-10,20-22H,11-18H2,1-7H3/t20-,21+,22?. The summed E-state index contributed by atoms with van der Waals surface area (Å²) in [6, 6.07) is 5.32. The van der Waals surface area contributed by atoms with Crippen LogP contribution in [0.4, 0.5) is 4.79 Å². The Morgan fingerprint density at radius 2 is 1.62 bits per heavy atom. The highest BCUT2D eigenvalue weighted by molar-refractivity contribution is 5.90. The van der Waals surface area contributed by atoms with Gasteiger partial charge in [0.1, 0.15) is 23.0 Å². The Bertz CT molecular complexity index is 967. The Labute approximate surface area is 221 Å². The van der Waals surface area contributed by atoms with Crippen LogP contribution < -0.4 is 4.74 Å². The van der Waals surface area contributed by atoms with Gasteiger partial charge in [0.2, 0.25) is 0 Å². The molecule has 1 aromatic carbocycles. The lowest BCUT2D eigenvalue weighted by Crippen LogP contribution is -2.44. The highest BCUT2D eigenvalue weighted by Gasteiger charge is 2.39.